The third-order valence-corrected chi connectivity index (χ3v) is 4.54. The maximum absolute atomic E-state index is 10.4. The summed E-state index contributed by atoms with van der Waals surface area (Å²) in [5.41, 5.74) is 3.11. The molecule has 0 unspecified atom stereocenters. The molecule has 0 saturated carbocycles. The van der Waals surface area contributed by atoms with Crippen LogP contribution in [0.3, 0.4) is 0 Å². The Hall–Kier alpha value is -2.16. The van der Waals surface area contributed by atoms with Crippen molar-refractivity contribution in [2.45, 2.75) is 64.7 Å². The summed E-state index contributed by atoms with van der Waals surface area (Å²) < 4.78 is 5.83. The van der Waals surface area contributed by atoms with E-state index in [0.29, 0.717) is 6.42 Å². The van der Waals surface area contributed by atoms with Gasteiger partial charge in [0.05, 0.1) is 12.3 Å². The zero-order chi connectivity index (χ0) is 18.5. The van der Waals surface area contributed by atoms with Crippen LogP contribution in [0, 0.1) is 0 Å². The van der Waals surface area contributed by atoms with E-state index in [1.165, 1.54) is 38.5 Å². The van der Waals surface area contributed by atoms with Gasteiger partial charge in [-0.2, -0.15) is 0 Å². The van der Waals surface area contributed by atoms with Gasteiger partial charge in [-0.15, -0.1) is 0 Å². The number of rotatable bonds is 13. The number of nitrogens with zero attached hydrogens (tertiary/aromatic N) is 1. The summed E-state index contributed by atoms with van der Waals surface area (Å²) in [5, 5.41) is 0. The molecule has 1 heterocycles. The van der Waals surface area contributed by atoms with Gasteiger partial charge in [-0.3, -0.25) is 4.98 Å². The highest BCUT2D eigenvalue weighted by Crippen LogP contribution is 2.21. The van der Waals surface area contributed by atoms with E-state index in [4.69, 9.17) is 4.74 Å². The van der Waals surface area contributed by atoms with Crippen molar-refractivity contribution in [1.29, 1.82) is 0 Å². The molecule has 2 rings (SSSR count). The molecule has 3 heteroatoms. The third kappa shape index (κ3) is 7.38. The zero-order valence-corrected chi connectivity index (χ0v) is 16.0. The summed E-state index contributed by atoms with van der Waals surface area (Å²) >= 11 is 0. The number of pyridine rings is 1. The van der Waals surface area contributed by atoms with Gasteiger partial charge >= 0.3 is 0 Å². The standard InChI is InChI=1S/C23H31NO2/c1-2-3-4-5-6-7-8-18-26-22-14-12-21(13-15-22)23-16-11-20(19-24-23)10-9-17-25/h11-17,19H,2-10,18H2,1H3. The Balaban J connectivity index is 1.71. The Morgan fingerprint density at radius 1 is 0.923 bits per heavy atom. The summed E-state index contributed by atoms with van der Waals surface area (Å²) in [4.78, 5) is 14.9. The first-order chi connectivity index (χ1) is 12.8. The smallest absolute Gasteiger partial charge is 0.120 e. The monoisotopic (exact) mass is 353 g/mol. The fourth-order valence-electron chi connectivity index (χ4n) is 2.94. The average Bonchev–Trinajstić information content (AvgIpc) is 2.69. The van der Waals surface area contributed by atoms with E-state index >= 15 is 0 Å². The van der Waals surface area contributed by atoms with Crippen LogP contribution in [-0.4, -0.2) is 17.9 Å². The van der Waals surface area contributed by atoms with E-state index in [0.717, 1.165) is 48.3 Å². The summed E-state index contributed by atoms with van der Waals surface area (Å²) in [6.07, 6.45) is 13.2. The molecule has 0 fully saturated rings. The van der Waals surface area contributed by atoms with Crippen LogP contribution in [0.2, 0.25) is 0 Å². The maximum Gasteiger partial charge on any atom is 0.120 e. The molecular weight excluding hydrogens is 322 g/mol. The van der Waals surface area contributed by atoms with E-state index in [9.17, 15) is 4.79 Å². The minimum atomic E-state index is 0.547. The van der Waals surface area contributed by atoms with Crippen LogP contribution in [0.25, 0.3) is 11.3 Å². The number of benzene rings is 1. The van der Waals surface area contributed by atoms with Gasteiger partial charge < -0.3 is 9.53 Å². The molecule has 1 aromatic heterocycles. The molecule has 0 aliphatic carbocycles. The van der Waals surface area contributed by atoms with Gasteiger partial charge in [0.25, 0.3) is 0 Å². The van der Waals surface area contributed by atoms with Crippen LogP contribution in [0.4, 0.5) is 0 Å². The Morgan fingerprint density at radius 3 is 2.31 bits per heavy atom. The Labute approximate surface area is 157 Å². The summed E-state index contributed by atoms with van der Waals surface area (Å²) in [7, 11) is 0. The van der Waals surface area contributed by atoms with Crippen LogP contribution in [-0.2, 0) is 11.2 Å². The van der Waals surface area contributed by atoms with Crippen LogP contribution in [0.1, 0.15) is 63.9 Å². The largest absolute Gasteiger partial charge is 0.494 e. The number of hydrogen-bond acceptors (Lipinski definition) is 3. The summed E-state index contributed by atoms with van der Waals surface area (Å²) in [6.45, 7) is 3.04. The van der Waals surface area contributed by atoms with Gasteiger partial charge in [-0.25, -0.2) is 0 Å². The van der Waals surface area contributed by atoms with Crippen LogP contribution < -0.4 is 4.74 Å². The van der Waals surface area contributed by atoms with E-state index in [1.54, 1.807) is 0 Å². The molecule has 2 aromatic rings. The number of carbonyl (C=O) groups is 1. The van der Waals surface area contributed by atoms with Crippen molar-refractivity contribution in [2.75, 3.05) is 6.61 Å². The van der Waals surface area contributed by atoms with Crippen molar-refractivity contribution in [3.05, 3.63) is 48.2 Å². The second-order valence-electron chi connectivity index (χ2n) is 6.75. The summed E-state index contributed by atoms with van der Waals surface area (Å²) in [5.74, 6) is 0.919. The predicted octanol–water partition coefficient (Wildman–Crippen LogP) is 6.01. The first-order valence-corrected chi connectivity index (χ1v) is 9.95. The second-order valence-corrected chi connectivity index (χ2v) is 6.75. The second kappa shape index (κ2) is 12.2. The lowest BCUT2D eigenvalue weighted by Crippen LogP contribution is -1.97. The topological polar surface area (TPSA) is 39.2 Å². The first-order valence-electron chi connectivity index (χ1n) is 9.95. The molecule has 3 nitrogen and oxygen atoms in total. The minimum Gasteiger partial charge on any atom is -0.494 e. The van der Waals surface area contributed by atoms with Crippen LogP contribution in [0.5, 0.6) is 5.75 Å². The van der Waals surface area contributed by atoms with Crippen LogP contribution >= 0.6 is 0 Å². The highest BCUT2D eigenvalue weighted by atomic mass is 16.5. The predicted molar refractivity (Wildman–Crippen MR) is 108 cm³/mol. The van der Waals surface area contributed by atoms with E-state index in [-0.39, 0.29) is 0 Å². The minimum absolute atomic E-state index is 0.547. The van der Waals surface area contributed by atoms with Gasteiger partial charge in [0, 0.05) is 18.2 Å². The van der Waals surface area contributed by atoms with E-state index in [2.05, 4.69) is 11.9 Å². The zero-order valence-electron chi connectivity index (χ0n) is 16.0. The quantitative estimate of drug-likeness (QED) is 0.327. The molecule has 26 heavy (non-hydrogen) atoms. The van der Waals surface area contributed by atoms with Gasteiger partial charge in [0.1, 0.15) is 12.0 Å². The molecule has 0 aliphatic heterocycles. The molecule has 0 bridgehead atoms. The molecule has 1 aromatic carbocycles. The lowest BCUT2D eigenvalue weighted by molar-refractivity contribution is -0.107. The molecule has 0 radical (unpaired) electrons. The summed E-state index contributed by atoms with van der Waals surface area (Å²) in [6, 6.07) is 12.2. The van der Waals surface area contributed by atoms with E-state index in [1.807, 2.05) is 42.6 Å². The van der Waals surface area contributed by atoms with Gasteiger partial charge in [-0.05, 0) is 48.7 Å². The fraction of sp³-hybridized carbons (Fsp3) is 0.478. The lowest BCUT2D eigenvalue weighted by atomic mass is 10.1. The fourth-order valence-corrected chi connectivity index (χ4v) is 2.94. The van der Waals surface area contributed by atoms with Gasteiger partial charge in [0.2, 0.25) is 0 Å². The number of hydrogen-bond donors (Lipinski definition) is 0. The van der Waals surface area contributed by atoms with Crippen molar-refractivity contribution in [3.63, 3.8) is 0 Å². The Morgan fingerprint density at radius 2 is 1.65 bits per heavy atom. The van der Waals surface area contributed by atoms with Crippen LogP contribution in [0.15, 0.2) is 42.6 Å². The molecule has 0 spiro atoms. The SMILES string of the molecule is CCCCCCCCCOc1ccc(-c2ccc(CCC=O)cn2)cc1. The number of aldehydes is 1. The molecule has 0 atom stereocenters. The molecule has 0 N–H and O–H groups in total. The van der Waals surface area contributed by atoms with Crippen molar-refractivity contribution in [2.24, 2.45) is 0 Å². The molecule has 0 aliphatic rings. The lowest BCUT2D eigenvalue weighted by Gasteiger charge is -2.08. The normalized spacial score (nSPS) is 10.7. The number of aryl methyl sites for hydroxylation is 1. The van der Waals surface area contributed by atoms with Crippen molar-refractivity contribution in [3.8, 4) is 17.0 Å². The number of ether oxygens (including phenoxy) is 1. The maximum atomic E-state index is 10.4. The van der Waals surface area contributed by atoms with Gasteiger partial charge in [-0.1, -0.05) is 51.5 Å². The molecule has 140 valence electrons. The van der Waals surface area contributed by atoms with Crippen molar-refractivity contribution in [1.82, 2.24) is 4.98 Å². The highest BCUT2D eigenvalue weighted by molar-refractivity contribution is 5.60. The highest BCUT2D eigenvalue weighted by Gasteiger charge is 2.01. The Kier molecular flexibility index (Phi) is 9.48. The van der Waals surface area contributed by atoms with Gasteiger partial charge in [0.15, 0.2) is 0 Å². The van der Waals surface area contributed by atoms with Crippen molar-refractivity contribution >= 4 is 6.29 Å². The Bertz CT molecular complexity index is 620. The first kappa shape index (κ1) is 20.2. The van der Waals surface area contributed by atoms with Crippen molar-refractivity contribution < 1.29 is 9.53 Å². The number of carbonyl (C=O) groups excluding carboxylic acids is 1. The van der Waals surface area contributed by atoms with E-state index < -0.39 is 0 Å². The third-order valence-electron chi connectivity index (χ3n) is 4.54. The molecule has 0 saturated heterocycles. The average molecular weight is 354 g/mol. The molecular formula is C23H31NO2. The molecule has 0 amide bonds. The number of aromatic nitrogens is 1. The number of unbranched alkanes of at least 4 members (excludes halogenated alkanes) is 6.